The van der Waals surface area contributed by atoms with Crippen LogP contribution in [0.5, 0.6) is 11.5 Å². The number of carbonyl (C=O) groups excluding carboxylic acids is 2. The summed E-state index contributed by atoms with van der Waals surface area (Å²) in [6.45, 7) is -0.373. The minimum absolute atomic E-state index is 0.329. The van der Waals surface area contributed by atoms with Gasteiger partial charge in [0, 0.05) is 6.07 Å². The van der Waals surface area contributed by atoms with Crippen LogP contribution in [0, 0.1) is 0 Å². The van der Waals surface area contributed by atoms with Gasteiger partial charge in [0.1, 0.15) is 11.5 Å². The van der Waals surface area contributed by atoms with Crippen molar-refractivity contribution in [2.75, 3.05) is 20.8 Å². The second kappa shape index (κ2) is 8.86. The molecule has 0 aliphatic heterocycles. The summed E-state index contributed by atoms with van der Waals surface area (Å²) in [5.74, 6) is 0.0331. The van der Waals surface area contributed by atoms with Crippen molar-refractivity contribution < 1.29 is 23.8 Å². The predicted molar refractivity (Wildman–Crippen MR) is 106 cm³/mol. The lowest BCUT2D eigenvalue weighted by Crippen LogP contribution is -2.15. The van der Waals surface area contributed by atoms with Gasteiger partial charge in [-0.1, -0.05) is 42.5 Å². The first-order chi connectivity index (χ1) is 13.6. The van der Waals surface area contributed by atoms with Crippen LogP contribution in [0.15, 0.2) is 72.8 Å². The van der Waals surface area contributed by atoms with Crippen molar-refractivity contribution in [1.82, 2.24) is 0 Å². The van der Waals surface area contributed by atoms with E-state index in [0.717, 1.165) is 11.1 Å². The maximum Gasteiger partial charge on any atom is 0.338 e. The number of rotatable bonds is 7. The molecule has 0 aromatic heterocycles. The number of Topliss-reactive ketones (excluding diaryl/α,β-unsaturated/α-hetero) is 1. The molecule has 0 atom stereocenters. The molecule has 5 heteroatoms. The van der Waals surface area contributed by atoms with Crippen LogP contribution in [0.2, 0.25) is 0 Å². The molecule has 0 amide bonds. The SMILES string of the molecule is COc1ccc(C(=O)COC(=O)c2ccc(-c3ccccc3)cc2)c(OC)c1. The first kappa shape index (κ1) is 19.2. The largest absolute Gasteiger partial charge is 0.497 e. The average Bonchev–Trinajstić information content (AvgIpc) is 2.77. The molecule has 0 unspecified atom stereocenters. The zero-order valence-electron chi connectivity index (χ0n) is 15.7. The van der Waals surface area contributed by atoms with Crippen LogP contribution in [0.25, 0.3) is 11.1 Å². The molecule has 3 aromatic carbocycles. The smallest absolute Gasteiger partial charge is 0.338 e. The van der Waals surface area contributed by atoms with E-state index < -0.39 is 5.97 Å². The number of ether oxygens (including phenoxy) is 3. The van der Waals surface area contributed by atoms with Gasteiger partial charge in [0.05, 0.1) is 25.3 Å². The fourth-order valence-corrected chi connectivity index (χ4v) is 2.75. The van der Waals surface area contributed by atoms with Crippen molar-refractivity contribution in [3.63, 3.8) is 0 Å². The summed E-state index contributed by atoms with van der Waals surface area (Å²) in [5, 5.41) is 0. The molecule has 0 radical (unpaired) electrons. The van der Waals surface area contributed by atoms with E-state index in [4.69, 9.17) is 14.2 Å². The first-order valence-corrected chi connectivity index (χ1v) is 8.70. The predicted octanol–water partition coefficient (Wildman–Crippen LogP) is 4.41. The van der Waals surface area contributed by atoms with Crippen molar-refractivity contribution in [2.24, 2.45) is 0 Å². The maximum absolute atomic E-state index is 12.4. The lowest BCUT2D eigenvalue weighted by atomic mass is 10.0. The zero-order valence-corrected chi connectivity index (χ0v) is 15.7. The first-order valence-electron chi connectivity index (χ1n) is 8.70. The average molecular weight is 376 g/mol. The Labute approximate surface area is 163 Å². The van der Waals surface area contributed by atoms with E-state index in [9.17, 15) is 9.59 Å². The quantitative estimate of drug-likeness (QED) is 0.451. The van der Waals surface area contributed by atoms with Gasteiger partial charge in [0.15, 0.2) is 6.61 Å². The van der Waals surface area contributed by atoms with Crippen molar-refractivity contribution in [1.29, 1.82) is 0 Å². The highest BCUT2D eigenvalue weighted by molar-refractivity contribution is 6.01. The Morgan fingerprint density at radius 2 is 1.46 bits per heavy atom. The third kappa shape index (κ3) is 4.38. The van der Waals surface area contributed by atoms with Crippen LogP contribution >= 0.6 is 0 Å². The monoisotopic (exact) mass is 376 g/mol. The second-order valence-electron chi connectivity index (χ2n) is 6.01. The second-order valence-corrected chi connectivity index (χ2v) is 6.01. The van der Waals surface area contributed by atoms with Crippen LogP contribution in [-0.2, 0) is 4.74 Å². The van der Waals surface area contributed by atoms with Crippen molar-refractivity contribution in [3.8, 4) is 22.6 Å². The highest BCUT2D eigenvalue weighted by atomic mass is 16.5. The molecule has 28 heavy (non-hydrogen) atoms. The number of hydrogen-bond donors (Lipinski definition) is 0. The van der Waals surface area contributed by atoms with Crippen molar-refractivity contribution in [2.45, 2.75) is 0 Å². The van der Waals surface area contributed by atoms with E-state index in [1.165, 1.54) is 14.2 Å². The van der Waals surface area contributed by atoms with E-state index in [0.29, 0.717) is 22.6 Å². The van der Waals surface area contributed by atoms with Crippen LogP contribution in [0.3, 0.4) is 0 Å². The Hall–Kier alpha value is -3.60. The van der Waals surface area contributed by atoms with Gasteiger partial charge < -0.3 is 14.2 Å². The van der Waals surface area contributed by atoms with Gasteiger partial charge in [-0.25, -0.2) is 4.79 Å². The molecule has 0 spiro atoms. The Morgan fingerprint density at radius 1 is 0.786 bits per heavy atom. The number of carbonyl (C=O) groups is 2. The molecule has 5 nitrogen and oxygen atoms in total. The van der Waals surface area contributed by atoms with Crippen molar-refractivity contribution >= 4 is 11.8 Å². The maximum atomic E-state index is 12.4. The van der Waals surface area contributed by atoms with Gasteiger partial charge in [-0.2, -0.15) is 0 Å². The van der Waals surface area contributed by atoms with Gasteiger partial charge in [-0.15, -0.1) is 0 Å². The molecule has 3 aromatic rings. The third-order valence-electron chi connectivity index (χ3n) is 4.27. The highest BCUT2D eigenvalue weighted by Gasteiger charge is 2.16. The van der Waals surface area contributed by atoms with Gasteiger partial charge in [-0.05, 0) is 35.4 Å². The van der Waals surface area contributed by atoms with E-state index in [-0.39, 0.29) is 12.4 Å². The fraction of sp³-hybridized carbons (Fsp3) is 0.130. The Bertz CT molecular complexity index is 962. The van der Waals surface area contributed by atoms with Crippen LogP contribution < -0.4 is 9.47 Å². The zero-order chi connectivity index (χ0) is 19.9. The summed E-state index contributed by atoms with van der Waals surface area (Å²) >= 11 is 0. The number of methoxy groups -OCH3 is 2. The highest BCUT2D eigenvalue weighted by Crippen LogP contribution is 2.25. The van der Waals surface area contributed by atoms with E-state index in [2.05, 4.69) is 0 Å². The molecule has 142 valence electrons. The molecule has 0 fully saturated rings. The van der Waals surface area contributed by atoms with Gasteiger partial charge in [-0.3, -0.25) is 4.79 Å². The number of ketones is 1. The van der Waals surface area contributed by atoms with Gasteiger partial charge in [0.25, 0.3) is 0 Å². The third-order valence-corrected chi connectivity index (χ3v) is 4.27. The topological polar surface area (TPSA) is 61.8 Å². The molecule has 0 aliphatic rings. The lowest BCUT2D eigenvalue weighted by molar-refractivity contribution is 0.0474. The Balaban J connectivity index is 1.65. The van der Waals surface area contributed by atoms with E-state index in [1.54, 1.807) is 30.3 Å². The Morgan fingerprint density at radius 3 is 2.11 bits per heavy atom. The summed E-state index contributed by atoms with van der Waals surface area (Å²) in [5.41, 5.74) is 2.77. The molecule has 0 saturated carbocycles. The van der Waals surface area contributed by atoms with Gasteiger partial charge in [0.2, 0.25) is 5.78 Å². The van der Waals surface area contributed by atoms with E-state index >= 15 is 0 Å². The van der Waals surface area contributed by atoms with Crippen LogP contribution in [0.1, 0.15) is 20.7 Å². The lowest BCUT2D eigenvalue weighted by Gasteiger charge is -2.10. The summed E-state index contributed by atoms with van der Waals surface area (Å²) < 4.78 is 15.5. The molecule has 0 heterocycles. The van der Waals surface area contributed by atoms with Crippen molar-refractivity contribution in [3.05, 3.63) is 83.9 Å². The summed E-state index contributed by atoms with van der Waals surface area (Å²) in [6, 6.07) is 21.8. The fourth-order valence-electron chi connectivity index (χ4n) is 2.75. The van der Waals surface area contributed by atoms with E-state index in [1.807, 2.05) is 42.5 Å². The van der Waals surface area contributed by atoms with Crippen LogP contribution in [0.4, 0.5) is 0 Å². The summed E-state index contributed by atoms with van der Waals surface area (Å²) in [4.78, 5) is 24.7. The summed E-state index contributed by atoms with van der Waals surface area (Å²) in [7, 11) is 2.99. The summed E-state index contributed by atoms with van der Waals surface area (Å²) in [6.07, 6.45) is 0. The molecular weight excluding hydrogens is 356 g/mol. The minimum atomic E-state index is -0.555. The normalized spacial score (nSPS) is 10.2. The molecular formula is C23H20O5. The molecule has 0 bridgehead atoms. The number of esters is 1. The number of hydrogen-bond acceptors (Lipinski definition) is 5. The Kier molecular flexibility index (Phi) is 6.07. The molecule has 0 N–H and O–H groups in total. The molecule has 3 rings (SSSR count). The van der Waals surface area contributed by atoms with Gasteiger partial charge >= 0.3 is 5.97 Å². The minimum Gasteiger partial charge on any atom is -0.497 e. The molecule has 0 saturated heterocycles. The van der Waals surface area contributed by atoms with Crippen LogP contribution in [-0.4, -0.2) is 32.6 Å². The standard InChI is InChI=1S/C23H20O5/c1-26-19-12-13-20(22(14-19)27-2)21(24)15-28-23(25)18-10-8-17(9-11-18)16-6-4-3-5-7-16/h3-14H,15H2,1-2H3. The molecule has 0 aliphatic carbocycles. The number of benzene rings is 3.